The second-order valence-electron chi connectivity index (χ2n) is 5.05. The van der Waals surface area contributed by atoms with E-state index in [2.05, 4.69) is 10.3 Å². The Kier molecular flexibility index (Phi) is 5.30. The number of nitrogens with zero attached hydrogens (tertiary/aromatic N) is 2. The number of imidazole rings is 1. The van der Waals surface area contributed by atoms with Crippen LogP contribution in [-0.2, 0) is 18.3 Å². The largest absolute Gasteiger partial charge is 0.486 e. The van der Waals surface area contributed by atoms with Gasteiger partial charge >= 0.3 is 0 Å². The number of hydrogen-bond donors (Lipinski definition) is 1. The SMILES string of the molecule is CC(=O)COc1cccc(C(=O)NCCc2cn(C)cn2)c1. The van der Waals surface area contributed by atoms with Crippen LogP contribution in [0.15, 0.2) is 36.8 Å². The molecule has 0 aliphatic rings. The normalized spacial score (nSPS) is 10.3. The number of benzene rings is 1. The van der Waals surface area contributed by atoms with E-state index >= 15 is 0 Å². The summed E-state index contributed by atoms with van der Waals surface area (Å²) in [5.41, 5.74) is 1.43. The van der Waals surface area contributed by atoms with Crippen LogP contribution in [0.3, 0.4) is 0 Å². The third kappa shape index (κ3) is 4.73. The zero-order valence-electron chi connectivity index (χ0n) is 12.7. The molecule has 0 saturated carbocycles. The van der Waals surface area contributed by atoms with Gasteiger partial charge in [-0.3, -0.25) is 9.59 Å². The van der Waals surface area contributed by atoms with Gasteiger partial charge in [-0.25, -0.2) is 4.98 Å². The summed E-state index contributed by atoms with van der Waals surface area (Å²) in [6.07, 6.45) is 4.32. The minimum atomic E-state index is -0.177. The van der Waals surface area contributed by atoms with Crippen LogP contribution in [0.25, 0.3) is 0 Å². The number of carbonyl (C=O) groups excluding carboxylic acids is 2. The average Bonchev–Trinajstić information content (AvgIpc) is 2.91. The summed E-state index contributed by atoms with van der Waals surface area (Å²) in [5, 5.41) is 2.84. The summed E-state index contributed by atoms with van der Waals surface area (Å²) >= 11 is 0. The Morgan fingerprint density at radius 2 is 2.18 bits per heavy atom. The minimum Gasteiger partial charge on any atom is -0.486 e. The second-order valence-corrected chi connectivity index (χ2v) is 5.05. The third-order valence-electron chi connectivity index (χ3n) is 2.96. The minimum absolute atomic E-state index is 0.00471. The Labute approximate surface area is 129 Å². The monoisotopic (exact) mass is 301 g/mol. The van der Waals surface area contributed by atoms with Crippen molar-refractivity contribution in [2.24, 2.45) is 7.05 Å². The summed E-state index contributed by atoms with van der Waals surface area (Å²) < 4.78 is 7.16. The van der Waals surface area contributed by atoms with E-state index in [4.69, 9.17) is 4.74 Å². The highest BCUT2D eigenvalue weighted by atomic mass is 16.5. The molecule has 1 aromatic carbocycles. The predicted octanol–water partition coefficient (Wildman–Crippen LogP) is 1.36. The number of aromatic nitrogens is 2. The molecule has 0 aliphatic carbocycles. The first-order valence-electron chi connectivity index (χ1n) is 7.02. The molecule has 0 spiro atoms. The van der Waals surface area contributed by atoms with Crippen LogP contribution in [-0.4, -0.2) is 34.4 Å². The second kappa shape index (κ2) is 7.40. The van der Waals surface area contributed by atoms with Gasteiger partial charge in [0.1, 0.15) is 12.4 Å². The van der Waals surface area contributed by atoms with Crippen molar-refractivity contribution in [3.05, 3.63) is 48.0 Å². The van der Waals surface area contributed by atoms with Gasteiger partial charge < -0.3 is 14.6 Å². The topological polar surface area (TPSA) is 73.2 Å². The fourth-order valence-electron chi connectivity index (χ4n) is 1.91. The highest BCUT2D eigenvalue weighted by molar-refractivity contribution is 5.94. The lowest BCUT2D eigenvalue weighted by atomic mass is 10.2. The van der Waals surface area contributed by atoms with Crippen LogP contribution in [0.1, 0.15) is 23.0 Å². The van der Waals surface area contributed by atoms with E-state index in [9.17, 15) is 9.59 Å². The van der Waals surface area contributed by atoms with E-state index in [1.54, 1.807) is 30.6 Å². The Balaban J connectivity index is 1.86. The molecule has 0 saturated heterocycles. The van der Waals surface area contributed by atoms with Crippen molar-refractivity contribution < 1.29 is 14.3 Å². The van der Waals surface area contributed by atoms with Gasteiger partial charge in [-0.05, 0) is 25.1 Å². The van der Waals surface area contributed by atoms with Crippen molar-refractivity contribution in [3.63, 3.8) is 0 Å². The lowest BCUT2D eigenvalue weighted by molar-refractivity contribution is -0.118. The molecule has 0 fully saturated rings. The molecule has 0 unspecified atom stereocenters. The molecule has 1 N–H and O–H groups in total. The highest BCUT2D eigenvalue weighted by Crippen LogP contribution is 2.13. The van der Waals surface area contributed by atoms with Gasteiger partial charge in [0, 0.05) is 31.8 Å². The molecule has 2 aromatic rings. The number of nitrogens with one attached hydrogen (secondary N) is 1. The molecule has 1 amide bonds. The molecule has 0 aliphatic heterocycles. The van der Waals surface area contributed by atoms with Crippen LogP contribution < -0.4 is 10.1 Å². The maximum atomic E-state index is 12.1. The molecule has 6 nitrogen and oxygen atoms in total. The number of carbonyl (C=O) groups is 2. The summed E-state index contributed by atoms with van der Waals surface area (Å²) in [6.45, 7) is 1.97. The number of hydrogen-bond acceptors (Lipinski definition) is 4. The molecule has 116 valence electrons. The highest BCUT2D eigenvalue weighted by Gasteiger charge is 2.07. The Hall–Kier alpha value is -2.63. The molecule has 0 radical (unpaired) electrons. The van der Waals surface area contributed by atoms with Gasteiger partial charge in [0.05, 0.1) is 12.0 Å². The van der Waals surface area contributed by atoms with Gasteiger partial charge in [0.25, 0.3) is 5.91 Å². The summed E-state index contributed by atoms with van der Waals surface area (Å²) in [7, 11) is 1.90. The lowest BCUT2D eigenvalue weighted by Gasteiger charge is -2.07. The summed E-state index contributed by atoms with van der Waals surface area (Å²) in [4.78, 5) is 27.2. The standard InChI is InChI=1S/C16H19N3O3/c1-12(20)10-22-15-5-3-4-13(8-15)16(21)17-7-6-14-9-19(2)11-18-14/h3-5,8-9,11H,6-7,10H2,1-2H3,(H,17,21). The van der Waals surface area contributed by atoms with Crippen molar-refractivity contribution in [3.8, 4) is 5.75 Å². The van der Waals surface area contributed by atoms with Crippen LogP contribution in [0, 0.1) is 0 Å². The fourth-order valence-corrected chi connectivity index (χ4v) is 1.91. The molecular formula is C16H19N3O3. The lowest BCUT2D eigenvalue weighted by Crippen LogP contribution is -2.25. The molecule has 0 atom stereocenters. The molecule has 1 heterocycles. The van der Waals surface area contributed by atoms with Gasteiger partial charge in [-0.2, -0.15) is 0 Å². The van der Waals surface area contributed by atoms with Crippen molar-refractivity contribution in [1.82, 2.24) is 14.9 Å². The molecular weight excluding hydrogens is 282 g/mol. The summed E-state index contributed by atoms with van der Waals surface area (Å²) in [6, 6.07) is 6.77. The summed E-state index contributed by atoms with van der Waals surface area (Å²) in [5.74, 6) is 0.266. The Morgan fingerprint density at radius 3 is 2.86 bits per heavy atom. The van der Waals surface area contributed by atoms with E-state index < -0.39 is 0 Å². The van der Waals surface area contributed by atoms with Crippen LogP contribution in [0.2, 0.25) is 0 Å². The fraction of sp³-hybridized carbons (Fsp3) is 0.312. The number of amides is 1. The molecule has 22 heavy (non-hydrogen) atoms. The molecule has 1 aromatic heterocycles. The van der Waals surface area contributed by atoms with Gasteiger partial charge in [0.15, 0.2) is 5.78 Å². The Bertz CT molecular complexity index is 664. The van der Waals surface area contributed by atoms with Gasteiger partial charge in [-0.1, -0.05) is 6.07 Å². The van der Waals surface area contributed by atoms with Crippen LogP contribution in [0.5, 0.6) is 5.75 Å². The van der Waals surface area contributed by atoms with Crippen molar-refractivity contribution in [1.29, 1.82) is 0 Å². The average molecular weight is 301 g/mol. The molecule has 2 rings (SSSR count). The van der Waals surface area contributed by atoms with E-state index in [0.717, 1.165) is 5.69 Å². The number of ether oxygens (including phenoxy) is 1. The quantitative estimate of drug-likeness (QED) is 0.838. The van der Waals surface area contributed by atoms with E-state index in [1.165, 1.54) is 6.92 Å². The molecule has 6 heteroatoms. The van der Waals surface area contributed by atoms with Crippen molar-refractivity contribution >= 4 is 11.7 Å². The smallest absolute Gasteiger partial charge is 0.251 e. The van der Waals surface area contributed by atoms with Gasteiger partial charge in [0.2, 0.25) is 0 Å². The van der Waals surface area contributed by atoms with Crippen molar-refractivity contribution in [2.45, 2.75) is 13.3 Å². The van der Waals surface area contributed by atoms with Crippen LogP contribution >= 0.6 is 0 Å². The molecule has 0 bridgehead atoms. The van der Waals surface area contributed by atoms with Gasteiger partial charge in [-0.15, -0.1) is 0 Å². The Morgan fingerprint density at radius 1 is 1.36 bits per heavy atom. The van der Waals surface area contributed by atoms with Crippen LogP contribution in [0.4, 0.5) is 0 Å². The zero-order chi connectivity index (χ0) is 15.9. The van der Waals surface area contributed by atoms with E-state index in [0.29, 0.717) is 24.3 Å². The first-order chi connectivity index (χ1) is 10.5. The van der Waals surface area contributed by atoms with Crippen molar-refractivity contribution in [2.75, 3.05) is 13.2 Å². The zero-order valence-corrected chi connectivity index (χ0v) is 12.7. The maximum absolute atomic E-state index is 12.1. The first kappa shape index (κ1) is 15.8. The number of ketones is 1. The van der Waals surface area contributed by atoms with E-state index in [1.807, 2.05) is 17.8 Å². The first-order valence-corrected chi connectivity index (χ1v) is 7.02. The maximum Gasteiger partial charge on any atom is 0.251 e. The number of aryl methyl sites for hydroxylation is 1. The number of Topliss-reactive ketones (excluding diaryl/α,β-unsaturated/α-hetero) is 1. The number of rotatable bonds is 7. The van der Waals surface area contributed by atoms with E-state index in [-0.39, 0.29) is 18.3 Å². The predicted molar refractivity (Wildman–Crippen MR) is 81.9 cm³/mol. The third-order valence-corrected chi connectivity index (χ3v) is 2.96.